The van der Waals surface area contributed by atoms with Gasteiger partial charge in [0.15, 0.2) is 11.5 Å². The van der Waals surface area contributed by atoms with Gasteiger partial charge in [-0.2, -0.15) is 0 Å². The van der Waals surface area contributed by atoms with Gasteiger partial charge in [-0.15, -0.1) is 0 Å². The average Bonchev–Trinajstić information content (AvgIpc) is 3.07. The molecule has 1 N–H and O–H groups in total. The highest BCUT2D eigenvalue weighted by Crippen LogP contribution is 2.22. The van der Waals surface area contributed by atoms with Crippen molar-refractivity contribution in [3.63, 3.8) is 0 Å². The molecule has 4 aromatic rings. The van der Waals surface area contributed by atoms with Crippen LogP contribution in [0.25, 0.3) is 11.1 Å². The van der Waals surface area contributed by atoms with E-state index in [0.717, 1.165) is 27.9 Å². The second kappa shape index (κ2) is 7.08. The Labute approximate surface area is 157 Å². The van der Waals surface area contributed by atoms with E-state index < -0.39 is 0 Å². The lowest BCUT2D eigenvalue weighted by molar-refractivity contribution is 0.102. The third-order valence-electron chi connectivity index (χ3n) is 4.75. The van der Waals surface area contributed by atoms with Gasteiger partial charge < -0.3 is 9.73 Å². The van der Waals surface area contributed by atoms with Crippen LogP contribution in [0.1, 0.15) is 32.9 Å². The van der Waals surface area contributed by atoms with Gasteiger partial charge >= 0.3 is 0 Å². The summed E-state index contributed by atoms with van der Waals surface area (Å²) in [4.78, 5) is 17.2. The van der Waals surface area contributed by atoms with Crippen LogP contribution >= 0.6 is 0 Å². The molecule has 0 spiro atoms. The minimum atomic E-state index is -0.161. The first kappa shape index (κ1) is 17.0. The molecule has 0 aliphatic carbocycles. The van der Waals surface area contributed by atoms with E-state index in [0.29, 0.717) is 23.5 Å². The van der Waals surface area contributed by atoms with Crippen molar-refractivity contribution >= 4 is 22.7 Å². The number of amides is 1. The predicted octanol–water partition coefficient (Wildman–Crippen LogP) is 5.29. The molecule has 1 heterocycles. The van der Waals surface area contributed by atoms with E-state index in [1.807, 2.05) is 68.4 Å². The molecule has 4 heteroatoms. The van der Waals surface area contributed by atoms with E-state index in [4.69, 9.17) is 4.42 Å². The molecule has 134 valence electrons. The number of carbonyl (C=O) groups excluding carboxylic acids is 1. The van der Waals surface area contributed by atoms with Crippen LogP contribution in [0.15, 0.2) is 71.1 Å². The first-order valence-corrected chi connectivity index (χ1v) is 8.91. The summed E-state index contributed by atoms with van der Waals surface area (Å²) in [7, 11) is 0. The van der Waals surface area contributed by atoms with Crippen LogP contribution in [0.3, 0.4) is 0 Å². The molecule has 1 amide bonds. The second-order valence-corrected chi connectivity index (χ2v) is 6.65. The Balaban J connectivity index is 1.57. The lowest BCUT2D eigenvalue weighted by Crippen LogP contribution is -2.12. The van der Waals surface area contributed by atoms with Crippen LogP contribution in [0.2, 0.25) is 0 Å². The highest BCUT2D eigenvalue weighted by atomic mass is 16.3. The van der Waals surface area contributed by atoms with Crippen molar-refractivity contribution in [1.82, 2.24) is 4.98 Å². The molecule has 0 bridgehead atoms. The van der Waals surface area contributed by atoms with Crippen molar-refractivity contribution in [2.45, 2.75) is 20.3 Å². The van der Waals surface area contributed by atoms with Crippen molar-refractivity contribution in [2.75, 3.05) is 5.32 Å². The third-order valence-corrected chi connectivity index (χ3v) is 4.75. The second-order valence-electron chi connectivity index (χ2n) is 6.65. The summed E-state index contributed by atoms with van der Waals surface area (Å²) in [6, 6.07) is 21.3. The van der Waals surface area contributed by atoms with Crippen molar-refractivity contribution < 1.29 is 9.21 Å². The fourth-order valence-electron chi connectivity index (χ4n) is 3.04. The minimum Gasteiger partial charge on any atom is -0.440 e. The van der Waals surface area contributed by atoms with Gasteiger partial charge in [0.05, 0.1) is 0 Å². The number of benzene rings is 3. The Morgan fingerprint density at radius 1 is 1.00 bits per heavy atom. The molecule has 3 aromatic carbocycles. The van der Waals surface area contributed by atoms with Crippen molar-refractivity contribution in [3.05, 3.63) is 94.9 Å². The Kier molecular flexibility index (Phi) is 4.47. The highest BCUT2D eigenvalue weighted by molar-refractivity contribution is 6.06. The van der Waals surface area contributed by atoms with Gasteiger partial charge in [-0.25, -0.2) is 4.98 Å². The normalized spacial score (nSPS) is 10.9. The Morgan fingerprint density at radius 3 is 2.63 bits per heavy atom. The quantitative estimate of drug-likeness (QED) is 0.541. The number of anilines is 1. The molecule has 0 aliphatic heterocycles. The summed E-state index contributed by atoms with van der Waals surface area (Å²) in [5, 5.41) is 2.98. The standard InChI is InChI=1S/C23H20N2O2/c1-15-7-6-10-19(16(15)2)25-23(26)18-11-12-20-21(14-18)27-22(24-20)13-17-8-4-3-5-9-17/h3-12,14H,13H2,1-2H3,(H,25,26). The fraction of sp³-hybridized carbons (Fsp3) is 0.130. The summed E-state index contributed by atoms with van der Waals surface area (Å²) in [5.41, 5.74) is 6.09. The minimum absolute atomic E-state index is 0.161. The maximum atomic E-state index is 12.6. The van der Waals surface area contributed by atoms with Gasteiger partial charge in [0, 0.05) is 17.7 Å². The van der Waals surface area contributed by atoms with E-state index in [1.54, 1.807) is 12.1 Å². The molecule has 0 saturated heterocycles. The molecule has 0 aliphatic rings. The number of nitrogens with zero attached hydrogens (tertiary/aromatic N) is 1. The maximum absolute atomic E-state index is 12.6. The zero-order valence-corrected chi connectivity index (χ0v) is 15.3. The molecule has 0 radical (unpaired) electrons. The van der Waals surface area contributed by atoms with Crippen LogP contribution in [0.5, 0.6) is 0 Å². The maximum Gasteiger partial charge on any atom is 0.255 e. The zero-order chi connectivity index (χ0) is 18.8. The van der Waals surface area contributed by atoms with E-state index in [-0.39, 0.29) is 5.91 Å². The highest BCUT2D eigenvalue weighted by Gasteiger charge is 2.12. The fourth-order valence-corrected chi connectivity index (χ4v) is 3.04. The van der Waals surface area contributed by atoms with Crippen molar-refractivity contribution in [3.8, 4) is 0 Å². The van der Waals surface area contributed by atoms with Gasteiger partial charge in [0.2, 0.25) is 0 Å². The lowest BCUT2D eigenvalue weighted by atomic mass is 10.1. The summed E-state index contributed by atoms with van der Waals surface area (Å²) in [6.45, 7) is 4.03. The average molecular weight is 356 g/mol. The Hall–Kier alpha value is -3.40. The van der Waals surface area contributed by atoms with Crippen LogP contribution in [0.4, 0.5) is 5.69 Å². The molecule has 0 atom stereocenters. The number of oxazole rings is 1. The molecule has 0 fully saturated rings. The molecule has 0 saturated carbocycles. The topological polar surface area (TPSA) is 55.1 Å². The molecule has 4 nitrogen and oxygen atoms in total. The first-order valence-electron chi connectivity index (χ1n) is 8.91. The van der Waals surface area contributed by atoms with Gasteiger partial charge in [-0.3, -0.25) is 4.79 Å². The largest absolute Gasteiger partial charge is 0.440 e. The summed E-state index contributed by atoms with van der Waals surface area (Å²) in [6.07, 6.45) is 0.625. The summed E-state index contributed by atoms with van der Waals surface area (Å²) in [5.74, 6) is 0.481. The SMILES string of the molecule is Cc1cccc(NC(=O)c2ccc3nc(Cc4ccccc4)oc3c2)c1C. The summed E-state index contributed by atoms with van der Waals surface area (Å²) >= 11 is 0. The Bertz CT molecular complexity index is 1110. The predicted molar refractivity (Wildman–Crippen MR) is 107 cm³/mol. The molecule has 1 aromatic heterocycles. The summed E-state index contributed by atoms with van der Waals surface area (Å²) < 4.78 is 5.86. The van der Waals surface area contributed by atoms with Crippen LogP contribution in [0, 0.1) is 13.8 Å². The van der Waals surface area contributed by atoms with Crippen LogP contribution in [-0.2, 0) is 6.42 Å². The number of aryl methyl sites for hydroxylation is 1. The number of rotatable bonds is 4. The number of hydrogen-bond donors (Lipinski definition) is 1. The number of aromatic nitrogens is 1. The lowest BCUT2D eigenvalue weighted by Gasteiger charge is -2.10. The van der Waals surface area contributed by atoms with Gasteiger partial charge in [0.1, 0.15) is 5.52 Å². The zero-order valence-electron chi connectivity index (χ0n) is 15.3. The van der Waals surface area contributed by atoms with Gasteiger partial charge in [0.25, 0.3) is 5.91 Å². The number of fused-ring (bicyclic) bond motifs is 1. The number of hydrogen-bond acceptors (Lipinski definition) is 3. The smallest absolute Gasteiger partial charge is 0.255 e. The molecular formula is C23H20N2O2. The number of carbonyl (C=O) groups is 1. The van der Waals surface area contributed by atoms with E-state index in [2.05, 4.69) is 10.3 Å². The van der Waals surface area contributed by atoms with Crippen molar-refractivity contribution in [2.24, 2.45) is 0 Å². The van der Waals surface area contributed by atoms with Crippen LogP contribution < -0.4 is 5.32 Å². The molecule has 4 rings (SSSR count). The van der Waals surface area contributed by atoms with E-state index in [1.165, 1.54) is 0 Å². The van der Waals surface area contributed by atoms with E-state index >= 15 is 0 Å². The van der Waals surface area contributed by atoms with Gasteiger partial charge in [-0.05, 0) is 54.8 Å². The van der Waals surface area contributed by atoms with Crippen LogP contribution in [-0.4, -0.2) is 10.9 Å². The number of nitrogens with one attached hydrogen (secondary N) is 1. The van der Waals surface area contributed by atoms with E-state index in [9.17, 15) is 4.79 Å². The molecular weight excluding hydrogens is 336 g/mol. The van der Waals surface area contributed by atoms with Crippen molar-refractivity contribution in [1.29, 1.82) is 0 Å². The molecule has 0 unspecified atom stereocenters. The first-order chi connectivity index (χ1) is 13.1. The van der Waals surface area contributed by atoms with Gasteiger partial charge in [-0.1, -0.05) is 42.5 Å². The Morgan fingerprint density at radius 2 is 1.81 bits per heavy atom. The third kappa shape index (κ3) is 3.60. The molecule has 27 heavy (non-hydrogen) atoms. The monoisotopic (exact) mass is 356 g/mol.